The average molecular weight is 317 g/mol. The summed E-state index contributed by atoms with van der Waals surface area (Å²) in [4.78, 5) is 0. The van der Waals surface area contributed by atoms with Crippen molar-refractivity contribution in [3.8, 4) is 0 Å². The molecule has 1 atom stereocenters. The molecule has 0 rings (SSSR count). The molecule has 0 radical (unpaired) electrons. The van der Waals surface area contributed by atoms with E-state index in [1.165, 1.54) is 57.8 Å². The number of hydrogen-bond donors (Lipinski definition) is 3. The summed E-state index contributed by atoms with van der Waals surface area (Å²) < 4.78 is 0. The molecule has 0 aromatic rings. The normalized spacial score (nSPS) is 15.0. The van der Waals surface area contributed by atoms with E-state index in [0.29, 0.717) is 13.0 Å². The van der Waals surface area contributed by atoms with Crippen molar-refractivity contribution in [2.24, 2.45) is 0 Å². The third-order valence-electron chi connectivity index (χ3n) is 4.19. The minimum atomic E-state index is -0.791. The summed E-state index contributed by atoms with van der Waals surface area (Å²) in [5, 5.41) is 28.7. The van der Waals surface area contributed by atoms with Crippen molar-refractivity contribution >= 4 is 0 Å². The molecule has 0 aromatic carbocycles. The lowest BCUT2D eigenvalue weighted by molar-refractivity contribution is -0.0409. The van der Waals surface area contributed by atoms with E-state index >= 15 is 0 Å². The number of unbranched alkanes of at least 4 members (excludes halogenated alkanes) is 10. The van der Waals surface area contributed by atoms with Gasteiger partial charge in [0.05, 0.1) is 11.2 Å². The molecule has 134 valence electrons. The molecule has 0 aromatic heterocycles. The second kappa shape index (κ2) is 12.3. The first-order valence-electron chi connectivity index (χ1n) is 9.32. The molecule has 0 fully saturated rings. The van der Waals surface area contributed by atoms with Crippen LogP contribution in [0.1, 0.15) is 104 Å². The first kappa shape index (κ1) is 21.9. The monoisotopic (exact) mass is 316 g/mol. The molecule has 0 heterocycles. The Kier molecular flexibility index (Phi) is 12.3. The van der Waals surface area contributed by atoms with Crippen molar-refractivity contribution in [2.45, 2.75) is 115 Å². The molecule has 0 bridgehead atoms. The van der Waals surface area contributed by atoms with Gasteiger partial charge in [0.2, 0.25) is 0 Å². The Bertz CT molecular complexity index is 244. The molecule has 0 spiro atoms. The van der Waals surface area contributed by atoms with E-state index < -0.39 is 11.2 Å². The molecular formula is C19H40O3. The molecular weight excluding hydrogens is 276 g/mol. The van der Waals surface area contributed by atoms with Crippen molar-refractivity contribution in [1.82, 2.24) is 0 Å². The maximum absolute atomic E-state index is 10.2. The molecule has 22 heavy (non-hydrogen) atoms. The number of rotatable bonds is 15. The van der Waals surface area contributed by atoms with Gasteiger partial charge in [0.25, 0.3) is 0 Å². The largest absolute Gasteiger partial charge is 0.396 e. The average Bonchev–Trinajstić information content (AvgIpc) is 2.37. The summed E-state index contributed by atoms with van der Waals surface area (Å²) in [6.07, 6.45) is 14.7. The standard InChI is InChI=1S/C19H40O3/c1-18(2,21)17-19(3,22)15-13-11-9-7-5-4-6-8-10-12-14-16-20/h20-22H,4-17H2,1-3H3. The fourth-order valence-corrected chi connectivity index (χ4v) is 3.23. The van der Waals surface area contributed by atoms with Gasteiger partial charge in [-0.1, -0.05) is 64.2 Å². The molecule has 0 amide bonds. The van der Waals surface area contributed by atoms with Gasteiger partial charge in [-0.3, -0.25) is 0 Å². The summed E-state index contributed by atoms with van der Waals surface area (Å²) in [6, 6.07) is 0. The fourth-order valence-electron chi connectivity index (χ4n) is 3.23. The Morgan fingerprint density at radius 1 is 0.591 bits per heavy atom. The zero-order valence-corrected chi connectivity index (χ0v) is 15.2. The van der Waals surface area contributed by atoms with Crippen LogP contribution < -0.4 is 0 Å². The van der Waals surface area contributed by atoms with Gasteiger partial charge >= 0.3 is 0 Å². The Hall–Kier alpha value is -0.120. The van der Waals surface area contributed by atoms with Crippen LogP contribution in [0.15, 0.2) is 0 Å². The van der Waals surface area contributed by atoms with Gasteiger partial charge in [-0.15, -0.1) is 0 Å². The summed E-state index contributed by atoms with van der Waals surface area (Å²) in [5.41, 5.74) is -1.53. The highest BCUT2D eigenvalue weighted by molar-refractivity contribution is 4.81. The molecule has 3 heteroatoms. The third kappa shape index (κ3) is 16.3. The SMILES string of the molecule is CC(C)(O)CC(C)(O)CCCCCCCCCCCCCO. The van der Waals surface area contributed by atoms with E-state index in [1.807, 2.05) is 6.92 Å². The predicted molar refractivity (Wildman–Crippen MR) is 94.0 cm³/mol. The van der Waals surface area contributed by atoms with Gasteiger partial charge in [0.15, 0.2) is 0 Å². The van der Waals surface area contributed by atoms with Crippen molar-refractivity contribution in [1.29, 1.82) is 0 Å². The Morgan fingerprint density at radius 3 is 1.32 bits per heavy atom. The molecule has 0 aliphatic carbocycles. The van der Waals surface area contributed by atoms with Gasteiger partial charge in [-0.25, -0.2) is 0 Å². The summed E-state index contributed by atoms with van der Waals surface area (Å²) >= 11 is 0. The Labute approximate surface area is 138 Å². The molecule has 3 nitrogen and oxygen atoms in total. The zero-order valence-electron chi connectivity index (χ0n) is 15.2. The highest BCUT2D eigenvalue weighted by Gasteiger charge is 2.28. The Morgan fingerprint density at radius 2 is 0.955 bits per heavy atom. The lowest BCUT2D eigenvalue weighted by atomic mass is 9.87. The van der Waals surface area contributed by atoms with Gasteiger partial charge in [0, 0.05) is 13.0 Å². The summed E-state index contributed by atoms with van der Waals surface area (Å²) in [5.74, 6) is 0. The maximum Gasteiger partial charge on any atom is 0.0646 e. The first-order chi connectivity index (χ1) is 10.3. The summed E-state index contributed by atoms with van der Waals surface area (Å²) in [6.45, 7) is 5.68. The summed E-state index contributed by atoms with van der Waals surface area (Å²) in [7, 11) is 0. The second-order valence-corrected chi connectivity index (χ2v) is 7.85. The molecule has 0 saturated heterocycles. The molecule has 0 aliphatic heterocycles. The number of aliphatic hydroxyl groups excluding tert-OH is 1. The van der Waals surface area contributed by atoms with Gasteiger partial charge in [0.1, 0.15) is 0 Å². The maximum atomic E-state index is 10.2. The predicted octanol–water partition coefficient (Wildman–Crippen LogP) is 4.57. The molecule has 0 saturated carbocycles. The van der Waals surface area contributed by atoms with Crippen molar-refractivity contribution in [3.05, 3.63) is 0 Å². The molecule has 0 aliphatic rings. The first-order valence-corrected chi connectivity index (χ1v) is 9.32. The molecule has 3 N–H and O–H groups in total. The van der Waals surface area contributed by atoms with Crippen LogP contribution in [0.5, 0.6) is 0 Å². The van der Waals surface area contributed by atoms with Gasteiger partial charge in [-0.05, 0) is 33.6 Å². The van der Waals surface area contributed by atoms with E-state index in [1.54, 1.807) is 13.8 Å². The van der Waals surface area contributed by atoms with E-state index in [9.17, 15) is 10.2 Å². The quantitative estimate of drug-likeness (QED) is 0.388. The van der Waals surface area contributed by atoms with Crippen LogP contribution in [-0.2, 0) is 0 Å². The van der Waals surface area contributed by atoms with E-state index in [0.717, 1.165) is 19.3 Å². The topological polar surface area (TPSA) is 60.7 Å². The smallest absolute Gasteiger partial charge is 0.0646 e. The lowest BCUT2D eigenvalue weighted by Crippen LogP contribution is -2.35. The highest BCUT2D eigenvalue weighted by atomic mass is 16.3. The lowest BCUT2D eigenvalue weighted by Gasteiger charge is -2.30. The fraction of sp³-hybridized carbons (Fsp3) is 1.00. The van der Waals surface area contributed by atoms with Gasteiger partial charge < -0.3 is 15.3 Å². The van der Waals surface area contributed by atoms with Crippen molar-refractivity contribution in [2.75, 3.05) is 6.61 Å². The van der Waals surface area contributed by atoms with Crippen LogP contribution in [0.4, 0.5) is 0 Å². The van der Waals surface area contributed by atoms with Crippen LogP contribution in [0, 0.1) is 0 Å². The zero-order chi connectivity index (χ0) is 16.9. The third-order valence-corrected chi connectivity index (χ3v) is 4.19. The van der Waals surface area contributed by atoms with E-state index in [4.69, 9.17) is 5.11 Å². The van der Waals surface area contributed by atoms with Crippen LogP contribution >= 0.6 is 0 Å². The van der Waals surface area contributed by atoms with Crippen LogP contribution in [0.25, 0.3) is 0 Å². The van der Waals surface area contributed by atoms with E-state index in [2.05, 4.69) is 0 Å². The van der Waals surface area contributed by atoms with E-state index in [-0.39, 0.29) is 0 Å². The molecule has 1 unspecified atom stereocenters. The minimum absolute atomic E-state index is 0.336. The number of hydrogen-bond acceptors (Lipinski definition) is 3. The minimum Gasteiger partial charge on any atom is -0.396 e. The van der Waals surface area contributed by atoms with Crippen LogP contribution in [0.3, 0.4) is 0 Å². The highest BCUT2D eigenvalue weighted by Crippen LogP contribution is 2.25. The van der Waals surface area contributed by atoms with Crippen molar-refractivity contribution < 1.29 is 15.3 Å². The van der Waals surface area contributed by atoms with Gasteiger partial charge in [-0.2, -0.15) is 0 Å². The van der Waals surface area contributed by atoms with Crippen LogP contribution in [0.2, 0.25) is 0 Å². The Balaban J connectivity index is 3.33. The second-order valence-electron chi connectivity index (χ2n) is 7.85. The van der Waals surface area contributed by atoms with Crippen molar-refractivity contribution in [3.63, 3.8) is 0 Å². The number of aliphatic hydroxyl groups is 3. The van der Waals surface area contributed by atoms with Crippen LogP contribution in [-0.4, -0.2) is 33.1 Å².